The summed E-state index contributed by atoms with van der Waals surface area (Å²) in [7, 11) is 1.88. The van der Waals surface area contributed by atoms with E-state index in [1.165, 1.54) is 0 Å². The van der Waals surface area contributed by atoms with E-state index in [0.717, 1.165) is 41.0 Å². The molecule has 144 valence electrons. The van der Waals surface area contributed by atoms with Crippen molar-refractivity contribution in [3.63, 3.8) is 0 Å². The number of aromatic nitrogens is 4. The highest BCUT2D eigenvalue weighted by atomic mass is 16.6. The van der Waals surface area contributed by atoms with E-state index in [9.17, 15) is 4.79 Å². The molecule has 0 saturated heterocycles. The minimum Gasteiger partial charge on any atom is -0.486 e. The summed E-state index contributed by atoms with van der Waals surface area (Å²) >= 11 is 0. The molecule has 0 spiro atoms. The molecule has 2 N–H and O–H groups in total. The summed E-state index contributed by atoms with van der Waals surface area (Å²) in [5.41, 5.74) is 4.80. The van der Waals surface area contributed by atoms with E-state index in [1.807, 2.05) is 31.4 Å². The van der Waals surface area contributed by atoms with Gasteiger partial charge in [0.15, 0.2) is 11.5 Å². The molecule has 0 radical (unpaired) electrons. The van der Waals surface area contributed by atoms with Crippen LogP contribution in [0.4, 0.5) is 5.69 Å². The molecule has 1 aliphatic heterocycles. The molecule has 0 saturated carbocycles. The van der Waals surface area contributed by atoms with Gasteiger partial charge in [0.2, 0.25) is 5.91 Å². The zero-order valence-electron chi connectivity index (χ0n) is 15.6. The number of aromatic amines is 1. The monoisotopic (exact) mass is 379 g/mol. The number of ether oxygens (including phenoxy) is 2. The van der Waals surface area contributed by atoms with Crippen LogP contribution in [0.2, 0.25) is 0 Å². The van der Waals surface area contributed by atoms with Gasteiger partial charge in [-0.2, -0.15) is 10.2 Å². The molecule has 8 heteroatoms. The third-order valence-electron chi connectivity index (χ3n) is 5.30. The van der Waals surface area contributed by atoms with Crippen LogP contribution < -0.4 is 14.8 Å². The highest BCUT2D eigenvalue weighted by Crippen LogP contribution is 2.34. The molecule has 2 aromatic heterocycles. The molecule has 0 unspecified atom stereocenters. The van der Waals surface area contributed by atoms with Crippen LogP contribution in [-0.4, -0.2) is 39.1 Å². The average molecular weight is 379 g/mol. The van der Waals surface area contributed by atoms with Gasteiger partial charge in [-0.15, -0.1) is 0 Å². The van der Waals surface area contributed by atoms with Crippen molar-refractivity contribution in [3.8, 4) is 22.8 Å². The van der Waals surface area contributed by atoms with E-state index in [0.29, 0.717) is 31.1 Å². The predicted molar refractivity (Wildman–Crippen MR) is 102 cm³/mol. The van der Waals surface area contributed by atoms with Gasteiger partial charge < -0.3 is 14.8 Å². The van der Waals surface area contributed by atoms with Crippen LogP contribution in [0.5, 0.6) is 11.5 Å². The molecule has 8 nitrogen and oxygen atoms in total. The molecule has 2 aliphatic rings. The minimum atomic E-state index is -0.103. The normalized spacial score (nSPS) is 17.8. The van der Waals surface area contributed by atoms with Crippen LogP contribution in [0.3, 0.4) is 0 Å². The number of fused-ring (bicyclic) bond motifs is 2. The third-order valence-corrected chi connectivity index (χ3v) is 5.30. The van der Waals surface area contributed by atoms with Crippen LogP contribution in [0.25, 0.3) is 11.3 Å². The number of aryl methyl sites for hydroxylation is 2. The maximum absolute atomic E-state index is 12.9. The van der Waals surface area contributed by atoms with Crippen LogP contribution in [0, 0.1) is 5.92 Å². The van der Waals surface area contributed by atoms with Gasteiger partial charge in [0, 0.05) is 47.7 Å². The summed E-state index contributed by atoms with van der Waals surface area (Å²) in [5, 5.41) is 14.8. The van der Waals surface area contributed by atoms with Crippen LogP contribution in [-0.2, 0) is 24.7 Å². The van der Waals surface area contributed by atoms with E-state index in [2.05, 4.69) is 20.6 Å². The number of anilines is 1. The first kappa shape index (κ1) is 16.9. The first-order valence-corrected chi connectivity index (χ1v) is 9.43. The Kier molecular flexibility index (Phi) is 4.03. The van der Waals surface area contributed by atoms with Crippen LogP contribution in [0.15, 0.2) is 30.6 Å². The summed E-state index contributed by atoms with van der Waals surface area (Å²) in [5.74, 6) is 1.30. The molecular formula is C20H21N5O3. The van der Waals surface area contributed by atoms with Gasteiger partial charge in [-0.3, -0.25) is 14.6 Å². The Balaban J connectivity index is 1.33. The van der Waals surface area contributed by atoms with E-state index in [4.69, 9.17) is 9.47 Å². The topological polar surface area (TPSA) is 94.1 Å². The quantitative estimate of drug-likeness (QED) is 0.728. The molecule has 5 rings (SSSR count). The minimum absolute atomic E-state index is 0.0145. The van der Waals surface area contributed by atoms with Crippen molar-refractivity contribution in [3.05, 3.63) is 41.9 Å². The number of nitrogens with zero attached hydrogens (tertiary/aromatic N) is 3. The molecule has 1 aromatic carbocycles. The smallest absolute Gasteiger partial charge is 0.227 e. The van der Waals surface area contributed by atoms with E-state index in [-0.39, 0.29) is 11.8 Å². The zero-order valence-corrected chi connectivity index (χ0v) is 15.6. The number of benzene rings is 1. The largest absolute Gasteiger partial charge is 0.486 e. The fourth-order valence-electron chi connectivity index (χ4n) is 3.87. The highest BCUT2D eigenvalue weighted by molar-refractivity contribution is 5.93. The number of carbonyl (C=O) groups is 1. The number of rotatable bonds is 3. The Morgan fingerprint density at radius 1 is 1.29 bits per heavy atom. The number of hydrogen-bond donors (Lipinski definition) is 2. The van der Waals surface area contributed by atoms with Gasteiger partial charge in [-0.05, 0) is 31.4 Å². The number of amides is 1. The number of hydrogen-bond acceptors (Lipinski definition) is 5. The molecule has 0 bridgehead atoms. The summed E-state index contributed by atoms with van der Waals surface area (Å²) in [6, 6.07) is 5.50. The standard InChI is InChI=1S/C20H21N5O3/c1-25-11-13(10-21-25)19-15-8-12(2-4-16(15)23-24-19)20(26)22-14-3-5-17-18(9-14)28-7-6-27-17/h3,5,9-12H,2,4,6-8H2,1H3,(H,22,26)(H,23,24)/t12-/m1/s1. The highest BCUT2D eigenvalue weighted by Gasteiger charge is 2.29. The van der Waals surface area contributed by atoms with Gasteiger partial charge in [-0.25, -0.2) is 0 Å². The second-order valence-electron chi connectivity index (χ2n) is 7.22. The van der Waals surface area contributed by atoms with Crippen molar-refractivity contribution < 1.29 is 14.3 Å². The lowest BCUT2D eigenvalue weighted by atomic mass is 9.85. The van der Waals surface area contributed by atoms with Crippen LogP contribution >= 0.6 is 0 Å². The summed E-state index contributed by atoms with van der Waals surface area (Å²) in [6.07, 6.45) is 6.00. The second kappa shape index (κ2) is 6.70. The SMILES string of the molecule is Cn1cc(-c2n[nH]c3c2C[C@H](C(=O)Nc2ccc4c(c2)OCCO4)CC3)cn1. The first-order valence-electron chi connectivity index (χ1n) is 9.43. The van der Waals surface area contributed by atoms with Crippen molar-refractivity contribution in [1.82, 2.24) is 20.0 Å². The number of nitrogens with one attached hydrogen (secondary N) is 2. The molecule has 1 aliphatic carbocycles. The predicted octanol–water partition coefficient (Wildman–Crippen LogP) is 2.33. The molecule has 1 amide bonds. The lowest BCUT2D eigenvalue weighted by Gasteiger charge is -2.23. The maximum atomic E-state index is 12.9. The molecule has 3 heterocycles. The fraction of sp³-hybridized carbons (Fsp3) is 0.350. The van der Waals surface area contributed by atoms with Crippen molar-refractivity contribution in [1.29, 1.82) is 0 Å². The molecule has 1 atom stereocenters. The van der Waals surface area contributed by atoms with Gasteiger partial charge in [0.25, 0.3) is 0 Å². The molecule has 0 fully saturated rings. The summed E-state index contributed by atoms with van der Waals surface area (Å²) in [6.45, 7) is 1.07. The second-order valence-corrected chi connectivity index (χ2v) is 7.22. The van der Waals surface area contributed by atoms with Crippen LogP contribution in [0.1, 0.15) is 17.7 Å². The Morgan fingerprint density at radius 2 is 2.14 bits per heavy atom. The van der Waals surface area contributed by atoms with Crippen molar-refractivity contribution in [2.75, 3.05) is 18.5 Å². The molecule has 3 aromatic rings. The lowest BCUT2D eigenvalue weighted by Crippen LogP contribution is -2.28. The van der Waals surface area contributed by atoms with E-state index in [1.54, 1.807) is 10.9 Å². The average Bonchev–Trinajstić information content (AvgIpc) is 3.33. The summed E-state index contributed by atoms with van der Waals surface area (Å²) in [4.78, 5) is 12.9. The van der Waals surface area contributed by atoms with Gasteiger partial charge >= 0.3 is 0 Å². The van der Waals surface area contributed by atoms with E-state index >= 15 is 0 Å². The lowest BCUT2D eigenvalue weighted by molar-refractivity contribution is -0.120. The third kappa shape index (κ3) is 3.00. The Hall–Kier alpha value is -3.29. The Bertz CT molecular complexity index is 1040. The van der Waals surface area contributed by atoms with Gasteiger partial charge in [-0.1, -0.05) is 0 Å². The first-order chi connectivity index (χ1) is 13.7. The molecule has 28 heavy (non-hydrogen) atoms. The maximum Gasteiger partial charge on any atom is 0.227 e. The Morgan fingerprint density at radius 3 is 2.96 bits per heavy atom. The van der Waals surface area contributed by atoms with E-state index < -0.39 is 0 Å². The number of H-pyrrole nitrogens is 1. The molecular weight excluding hydrogens is 358 g/mol. The fourth-order valence-corrected chi connectivity index (χ4v) is 3.87. The zero-order chi connectivity index (χ0) is 19.1. The van der Waals surface area contributed by atoms with Gasteiger partial charge in [0.1, 0.15) is 13.2 Å². The Labute approximate surface area is 161 Å². The van der Waals surface area contributed by atoms with Crippen molar-refractivity contribution in [2.24, 2.45) is 13.0 Å². The summed E-state index contributed by atoms with van der Waals surface area (Å²) < 4.78 is 12.9. The van der Waals surface area contributed by atoms with Crippen molar-refractivity contribution >= 4 is 11.6 Å². The van der Waals surface area contributed by atoms with Crippen molar-refractivity contribution in [2.45, 2.75) is 19.3 Å². The van der Waals surface area contributed by atoms with Gasteiger partial charge in [0.05, 0.1) is 11.9 Å². The number of carbonyl (C=O) groups excluding carboxylic acids is 1.